The van der Waals surface area contributed by atoms with Crippen molar-refractivity contribution < 1.29 is 19.1 Å². The molecular weight excluding hydrogens is 344 g/mol. The van der Waals surface area contributed by atoms with Gasteiger partial charge in [-0.05, 0) is 25.5 Å². The number of rotatable bonds is 11. The zero-order valence-corrected chi connectivity index (χ0v) is 16.4. The summed E-state index contributed by atoms with van der Waals surface area (Å²) in [5, 5.41) is 10.1. The van der Waals surface area contributed by atoms with Gasteiger partial charge in [-0.2, -0.15) is 0 Å². The first-order valence-corrected chi connectivity index (χ1v) is 10.00. The lowest BCUT2D eigenvalue weighted by Gasteiger charge is -2.08. The molecule has 0 saturated heterocycles. The van der Waals surface area contributed by atoms with Crippen LogP contribution in [0.2, 0.25) is 0 Å². The molecule has 2 aromatic rings. The Morgan fingerprint density at radius 1 is 1.04 bits per heavy atom. The summed E-state index contributed by atoms with van der Waals surface area (Å²) < 4.78 is 10.4. The van der Waals surface area contributed by atoms with Crippen molar-refractivity contribution >= 4 is 16.9 Å². The fourth-order valence-electron chi connectivity index (χ4n) is 3.19. The van der Waals surface area contributed by atoms with E-state index in [4.69, 9.17) is 9.15 Å². The molecule has 0 atom stereocenters. The summed E-state index contributed by atoms with van der Waals surface area (Å²) in [6.45, 7) is 3.92. The van der Waals surface area contributed by atoms with E-state index in [0.717, 1.165) is 19.3 Å². The van der Waals surface area contributed by atoms with Crippen molar-refractivity contribution in [2.45, 2.75) is 78.1 Å². The molecule has 0 fully saturated rings. The number of hydrogen-bond donors (Lipinski definition) is 1. The highest BCUT2D eigenvalue weighted by Crippen LogP contribution is 2.26. The monoisotopic (exact) mass is 374 g/mol. The van der Waals surface area contributed by atoms with Crippen LogP contribution in [0.1, 0.15) is 76.7 Å². The van der Waals surface area contributed by atoms with Gasteiger partial charge in [0.15, 0.2) is 0 Å². The first-order valence-electron chi connectivity index (χ1n) is 10.00. The molecule has 0 saturated carbocycles. The highest BCUT2D eigenvalue weighted by molar-refractivity contribution is 5.84. The molecule has 27 heavy (non-hydrogen) atoms. The number of esters is 1. The zero-order chi connectivity index (χ0) is 19.6. The van der Waals surface area contributed by atoms with E-state index in [1.54, 1.807) is 13.0 Å². The Hall–Kier alpha value is -2.30. The number of carbonyl (C=O) groups excluding carboxylic acids is 1. The summed E-state index contributed by atoms with van der Waals surface area (Å²) in [4.78, 5) is 24.2. The Kier molecular flexibility index (Phi) is 8.37. The summed E-state index contributed by atoms with van der Waals surface area (Å²) in [5.74, 6) is -0.458. The predicted octanol–water partition coefficient (Wildman–Crippen LogP) is 5.63. The van der Waals surface area contributed by atoms with Crippen LogP contribution in [0.5, 0.6) is 11.5 Å². The fourth-order valence-corrected chi connectivity index (χ4v) is 3.19. The number of aromatic hydroxyl groups is 1. The number of benzene rings is 1. The third-order valence-electron chi connectivity index (χ3n) is 4.80. The fraction of sp³-hybridized carbons (Fsp3) is 0.545. The highest BCUT2D eigenvalue weighted by Gasteiger charge is 2.16. The Bertz CT molecular complexity index is 806. The van der Waals surface area contributed by atoms with Crippen LogP contribution in [-0.2, 0) is 4.79 Å². The van der Waals surface area contributed by atoms with Gasteiger partial charge in [-0.3, -0.25) is 4.79 Å². The number of hydrogen-bond acceptors (Lipinski definition) is 5. The zero-order valence-electron chi connectivity index (χ0n) is 16.4. The van der Waals surface area contributed by atoms with Crippen LogP contribution in [0.25, 0.3) is 11.0 Å². The first kappa shape index (κ1) is 21.0. The maximum atomic E-state index is 12.1. The Balaban J connectivity index is 1.79. The lowest BCUT2D eigenvalue weighted by molar-refractivity contribution is -0.134. The molecule has 0 aliphatic carbocycles. The number of carbonyl (C=O) groups is 1. The van der Waals surface area contributed by atoms with Crippen molar-refractivity contribution in [2.75, 3.05) is 0 Å². The van der Waals surface area contributed by atoms with Gasteiger partial charge in [-0.25, -0.2) is 4.79 Å². The average Bonchev–Trinajstić information content (AvgIpc) is 2.63. The van der Waals surface area contributed by atoms with Crippen LogP contribution >= 0.6 is 0 Å². The van der Waals surface area contributed by atoms with E-state index in [2.05, 4.69) is 6.92 Å². The standard InChI is InChI=1S/C22H30O5/c1-3-4-5-6-7-8-9-10-11-12-20(24)27-21-16(2)18-14-13-17(23)15-19(18)26-22(21)25/h13-15,23H,3-12H2,1-2H3. The summed E-state index contributed by atoms with van der Waals surface area (Å²) >= 11 is 0. The smallest absolute Gasteiger partial charge is 0.380 e. The number of aryl methyl sites for hydroxylation is 1. The Morgan fingerprint density at radius 3 is 2.33 bits per heavy atom. The lowest BCUT2D eigenvalue weighted by atomic mass is 10.1. The normalized spacial score (nSPS) is 11.0. The second-order valence-electron chi connectivity index (χ2n) is 7.08. The second kappa shape index (κ2) is 10.8. The maximum absolute atomic E-state index is 12.1. The molecule has 148 valence electrons. The number of unbranched alkanes of at least 4 members (excludes halogenated alkanes) is 8. The third kappa shape index (κ3) is 6.42. The summed E-state index contributed by atoms with van der Waals surface area (Å²) in [6, 6.07) is 4.52. The summed E-state index contributed by atoms with van der Waals surface area (Å²) in [5.41, 5.74) is 0.115. The minimum Gasteiger partial charge on any atom is -0.508 e. The number of phenols is 1. The van der Waals surface area contributed by atoms with E-state index in [9.17, 15) is 14.7 Å². The van der Waals surface area contributed by atoms with Crippen molar-refractivity contribution in [3.8, 4) is 11.5 Å². The molecule has 2 rings (SSSR count). The molecule has 1 heterocycles. The third-order valence-corrected chi connectivity index (χ3v) is 4.80. The number of ether oxygens (including phenoxy) is 1. The van der Waals surface area contributed by atoms with Crippen LogP contribution in [0.3, 0.4) is 0 Å². The van der Waals surface area contributed by atoms with E-state index in [0.29, 0.717) is 17.4 Å². The molecule has 1 N–H and O–H groups in total. The predicted molar refractivity (Wildman–Crippen MR) is 106 cm³/mol. The van der Waals surface area contributed by atoms with Gasteiger partial charge in [0.25, 0.3) is 0 Å². The van der Waals surface area contributed by atoms with Crippen LogP contribution in [-0.4, -0.2) is 11.1 Å². The van der Waals surface area contributed by atoms with Crippen molar-refractivity contribution in [1.29, 1.82) is 0 Å². The molecule has 5 heteroatoms. The largest absolute Gasteiger partial charge is 0.508 e. The van der Waals surface area contributed by atoms with Crippen LogP contribution in [0.15, 0.2) is 27.4 Å². The van der Waals surface area contributed by atoms with Crippen LogP contribution < -0.4 is 10.4 Å². The molecule has 1 aromatic carbocycles. The van der Waals surface area contributed by atoms with Crippen molar-refractivity contribution in [3.63, 3.8) is 0 Å². The second-order valence-corrected chi connectivity index (χ2v) is 7.08. The minimum atomic E-state index is -0.703. The van der Waals surface area contributed by atoms with Gasteiger partial charge in [0.1, 0.15) is 11.3 Å². The van der Waals surface area contributed by atoms with Gasteiger partial charge in [0, 0.05) is 23.4 Å². The summed E-state index contributed by atoms with van der Waals surface area (Å²) in [6.07, 6.45) is 10.8. The van der Waals surface area contributed by atoms with E-state index >= 15 is 0 Å². The van der Waals surface area contributed by atoms with Gasteiger partial charge >= 0.3 is 11.6 Å². The minimum absolute atomic E-state index is 0.0140. The van der Waals surface area contributed by atoms with Crippen molar-refractivity contribution in [2.24, 2.45) is 0 Å². The molecule has 5 nitrogen and oxygen atoms in total. The van der Waals surface area contributed by atoms with Gasteiger partial charge < -0.3 is 14.3 Å². The highest BCUT2D eigenvalue weighted by atomic mass is 16.5. The van der Waals surface area contributed by atoms with E-state index < -0.39 is 11.6 Å². The lowest BCUT2D eigenvalue weighted by Crippen LogP contribution is -2.15. The molecule has 0 spiro atoms. The van der Waals surface area contributed by atoms with E-state index in [1.165, 1.54) is 50.7 Å². The van der Waals surface area contributed by atoms with Crippen LogP contribution in [0.4, 0.5) is 0 Å². The number of phenolic OH excluding ortho intramolecular Hbond substituents is 1. The molecule has 0 unspecified atom stereocenters. The molecule has 1 aromatic heterocycles. The Morgan fingerprint density at radius 2 is 1.67 bits per heavy atom. The molecular formula is C22H30O5. The molecule has 0 radical (unpaired) electrons. The van der Waals surface area contributed by atoms with Gasteiger partial charge in [-0.1, -0.05) is 58.3 Å². The average molecular weight is 374 g/mol. The van der Waals surface area contributed by atoms with Crippen LogP contribution in [0, 0.1) is 6.92 Å². The van der Waals surface area contributed by atoms with Gasteiger partial charge in [0.05, 0.1) is 0 Å². The van der Waals surface area contributed by atoms with E-state index in [1.807, 2.05) is 0 Å². The Labute approximate surface area is 160 Å². The van der Waals surface area contributed by atoms with E-state index in [-0.39, 0.29) is 17.1 Å². The summed E-state index contributed by atoms with van der Waals surface area (Å²) in [7, 11) is 0. The quantitative estimate of drug-likeness (QED) is 0.313. The molecule has 0 bridgehead atoms. The van der Waals surface area contributed by atoms with Crippen molar-refractivity contribution in [1.82, 2.24) is 0 Å². The molecule has 0 aliphatic rings. The van der Waals surface area contributed by atoms with Crippen molar-refractivity contribution in [3.05, 3.63) is 34.2 Å². The first-order chi connectivity index (χ1) is 13.0. The maximum Gasteiger partial charge on any atom is 0.380 e. The topological polar surface area (TPSA) is 76.7 Å². The van der Waals surface area contributed by atoms with Gasteiger partial charge in [0.2, 0.25) is 5.75 Å². The number of fused-ring (bicyclic) bond motifs is 1. The van der Waals surface area contributed by atoms with Gasteiger partial charge in [-0.15, -0.1) is 0 Å². The SMILES string of the molecule is CCCCCCCCCCCC(=O)Oc1c(C)c2ccc(O)cc2oc1=O. The molecule has 0 amide bonds. The molecule has 0 aliphatic heterocycles.